The van der Waals surface area contributed by atoms with Gasteiger partial charge in [0, 0.05) is 17.1 Å². The van der Waals surface area contributed by atoms with Crippen molar-refractivity contribution in [1.82, 2.24) is 5.32 Å². The van der Waals surface area contributed by atoms with Gasteiger partial charge in [0.05, 0.1) is 0 Å². The van der Waals surface area contributed by atoms with Gasteiger partial charge in [-0.3, -0.25) is 0 Å². The highest BCUT2D eigenvalue weighted by atomic mass is 35.5. The number of fused-ring (bicyclic) bond motifs is 1. The summed E-state index contributed by atoms with van der Waals surface area (Å²) in [6, 6.07) is 13.6. The lowest BCUT2D eigenvalue weighted by molar-refractivity contribution is 0.465. The predicted molar refractivity (Wildman–Crippen MR) is 80.5 cm³/mol. The topological polar surface area (TPSA) is 12.0 Å². The van der Waals surface area contributed by atoms with Crippen LogP contribution in [0.1, 0.15) is 42.1 Å². The first-order valence-corrected chi connectivity index (χ1v) is 7.31. The molecule has 104 valence electrons. The molecule has 0 saturated carbocycles. The summed E-state index contributed by atoms with van der Waals surface area (Å²) < 4.78 is 13.2. The van der Waals surface area contributed by atoms with Gasteiger partial charge in [0.1, 0.15) is 5.82 Å². The minimum atomic E-state index is -0.143. The molecule has 1 aliphatic carbocycles. The molecule has 3 heteroatoms. The van der Waals surface area contributed by atoms with Crippen molar-refractivity contribution in [3.63, 3.8) is 0 Å². The molecule has 1 unspecified atom stereocenters. The van der Waals surface area contributed by atoms with Crippen LogP contribution in [-0.4, -0.2) is 0 Å². The number of halogens is 2. The lowest BCUT2D eigenvalue weighted by Gasteiger charge is -2.21. The van der Waals surface area contributed by atoms with Gasteiger partial charge < -0.3 is 5.32 Å². The quantitative estimate of drug-likeness (QED) is 0.854. The van der Waals surface area contributed by atoms with E-state index in [1.165, 1.54) is 11.1 Å². The van der Waals surface area contributed by atoms with Crippen molar-refractivity contribution in [3.8, 4) is 0 Å². The zero-order chi connectivity index (χ0) is 14.1. The molecule has 0 bridgehead atoms. The Bertz CT molecular complexity index is 609. The lowest BCUT2D eigenvalue weighted by atomic mass is 10.0. The summed E-state index contributed by atoms with van der Waals surface area (Å²) in [6.07, 6.45) is 1.97. The van der Waals surface area contributed by atoms with Crippen molar-refractivity contribution >= 4 is 11.6 Å². The number of hydrogen-bond donors (Lipinski definition) is 1. The fourth-order valence-electron chi connectivity index (χ4n) is 2.91. The Kier molecular flexibility index (Phi) is 3.77. The van der Waals surface area contributed by atoms with Crippen LogP contribution in [-0.2, 0) is 6.42 Å². The molecular weight excluding hydrogens is 273 g/mol. The molecule has 0 radical (unpaired) electrons. The fraction of sp³-hybridized carbons (Fsp3) is 0.294. The largest absolute Gasteiger partial charge is 0.303 e. The molecule has 1 aliphatic rings. The first-order chi connectivity index (χ1) is 9.63. The third-order valence-electron chi connectivity index (χ3n) is 4.00. The van der Waals surface area contributed by atoms with Crippen LogP contribution >= 0.6 is 11.6 Å². The summed E-state index contributed by atoms with van der Waals surface area (Å²) in [5.74, 6) is -0.143. The van der Waals surface area contributed by atoms with Crippen LogP contribution in [0.3, 0.4) is 0 Å². The molecule has 2 aromatic rings. The molecule has 20 heavy (non-hydrogen) atoms. The average molecular weight is 290 g/mol. The Labute approximate surface area is 123 Å². The van der Waals surface area contributed by atoms with E-state index in [1.54, 1.807) is 12.1 Å². The van der Waals surface area contributed by atoms with Crippen molar-refractivity contribution in [3.05, 3.63) is 70.0 Å². The van der Waals surface area contributed by atoms with Crippen LogP contribution in [0.2, 0.25) is 5.02 Å². The molecule has 1 N–H and O–H groups in total. The van der Waals surface area contributed by atoms with Gasteiger partial charge >= 0.3 is 0 Å². The molecule has 0 heterocycles. The maximum Gasteiger partial charge on any atom is 0.123 e. The van der Waals surface area contributed by atoms with E-state index in [4.69, 9.17) is 11.6 Å². The Morgan fingerprint density at radius 2 is 1.95 bits per heavy atom. The fourth-order valence-corrected chi connectivity index (χ4v) is 3.03. The van der Waals surface area contributed by atoms with Crippen LogP contribution in [0.25, 0.3) is 0 Å². The second-order valence-electron chi connectivity index (χ2n) is 5.37. The van der Waals surface area contributed by atoms with E-state index >= 15 is 0 Å². The zero-order valence-corrected chi connectivity index (χ0v) is 12.1. The normalized spacial score (nSPS) is 18.9. The molecule has 0 amide bonds. The van der Waals surface area contributed by atoms with Crippen LogP contribution in [0, 0.1) is 5.82 Å². The highest BCUT2D eigenvalue weighted by molar-refractivity contribution is 6.30. The summed E-state index contributed by atoms with van der Waals surface area (Å²) >= 11 is 5.91. The van der Waals surface area contributed by atoms with Crippen molar-refractivity contribution in [1.29, 1.82) is 0 Å². The summed E-state index contributed by atoms with van der Waals surface area (Å²) in [5.41, 5.74) is 3.57. The predicted octanol–water partition coefficient (Wildman–Crippen LogP) is 4.82. The molecule has 0 spiro atoms. The van der Waals surface area contributed by atoms with E-state index in [2.05, 4.69) is 12.2 Å². The SMILES string of the molecule is C[C@H](NC1CCc2cc(F)ccc21)c1ccc(Cl)cc1. The molecule has 0 saturated heterocycles. The van der Waals surface area contributed by atoms with E-state index in [1.807, 2.05) is 30.3 Å². The van der Waals surface area contributed by atoms with Crippen molar-refractivity contribution in [2.75, 3.05) is 0 Å². The molecule has 2 aromatic carbocycles. The van der Waals surface area contributed by atoms with Gasteiger partial charge in [0.15, 0.2) is 0 Å². The molecule has 0 fully saturated rings. The Morgan fingerprint density at radius 3 is 2.70 bits per heavy atom. The standard InChI is InChI=1S/C17H17ClFN/c1-11(12-2-5-14(18)6-3-12)20-17-9-4-13-10-15(19)7-8-16(13)17/h2-3,5-8,10-11,17,20H,4,9H2,1H3/t11-,17?/m0/s1. The highest BCUT2D eigenvalue weighted by Crippen LogP contribution is 2.33. The Hall–Kier alpha value is -1.38. The van der Waals surface area contributed by atoms with Gasteiger partial charge in [0.25, 0.3) is 0 Å². The maximum absolute atomic E-state index is 13.2. The molecule has 3 rings (SSSR count). The smallest absolute Gasteiger partial charge is 0.123 e. The van der Waals surface area contributed by atoms with Crippen molar-refractivity contribution < 1.29 is 4.39 Å². The summed E-state index contributed by atoms with van der Waals surface area (Å²) in [6.45, 7) is 2.14. The van der Waals surface area contributed by atoms with E-state index in [0.717, 1.165) is 23.4 Å². The number of benzene rings is 2. The molecular formula is C17H17ClFN. The maximum atomic E-state index is 13.2. The number of aryl methyl sites for hydroxylation is 1. The van der Waals surface area contributed by atoms with Crippen LogP contribution < -0.4 is 5.32 Å². The number of rotatable bonds is 3. The first-order valence-electron chi connectivity index (χ1n) is 6.93. The van der Waals surface area contributed by atoms with E-state index < -0.39 is 0 Å². The lowest BCUT2D eigenvalue weighted by Crippen LogP contribution is -2.22. The van der Waals surface area contributed by atoms with Gasteiger partial charge in [-0.15, -0.1) is 0 Å². The van der Waals surface area contributed by atoms with Crippen molar-refractivity contribution in [2.24, 2.45) is 0 Å². The monoisotopic (exact) mass is 289 g/mol. The summed E-state index contributed by atoms with van der Waals surface area (Å²) in [5, 5.41) is 4.38. The zero-order valence-electron chi connectivity index (χ0n) is 11.4. The van der Waals surface area contributed by atoms with E-state index in [9.17, 15) is 4.39 Å². The first kappa shape index (κ1) is 13.6. The molecule has 0 aromatic heterocycles. The van der Waals surface area contributed by atoms with Crippen LogP contribution in [0.5, 0.6) is 0 Å². The summed E-state index contributed by atoms with van der Waals surface area (Å²) in [4.78, 5) is 0. The minimum absolute atomic E-state index is 0.143. The van der Waals surface area contributed by atoms with Crippen LogP contribution in [0.4, 0.5) is 4.39 Å². The second-order valence-corrected chi connectivity index (χ2v) is 5.81. The minimum Gasteiger partial charge on any atom is -0.303 e. The Balaban J connectivity index is 1.75. The van der Waals surface area contributed by atoms with Crippen molar-refractivity contribution in [2.45, 2.75) is 31.8 Å². The molecule has 1 nitrogen and oxygen atoms in total. The van der Waals surface area contributed by atoms with E-state index in [-0.39, 0.29) is 11.9 Å². The summed E-state index contributed by atoms with van der Waals surface area (Å²) in [7, 11) is 0. The molecule has 2 atom stereocenters. The highest BCUT2D eigenvalue weighted by Gasteiger charge is 2.24. The van der Waals surface area contributed by atoms with Gasteiger partial charge in [-0.2, -0.15) is 0 Å². The third kappa shape index (κ3) is 2.72. The molecule has 0 aliphatic heterocycles. The van der Waals surface area contributed by atoms with Gasteiger partial charge in [0.2, 0.25) is 0 Å². The third-order valence-corrected chi connectivity index (χ3v) is 4.26. The van der Waals surface area contributed by atoms with Gasteiger partial charge in [-0.1, -0.05) is 29.8 Å². The van der Waals surface area contributed by atoms with E-state index in [0.29, 0.717) is 6.04 Å². The van der Waals surface area contributed by atoms with Gasteiger partial charge in [-0.05, 0) is 60.7 Å². The Morgan fingerprint density at radius 1 is 1.20 bits per heavy atom. The second kappa shape index (κ2) is 5.55. The van der Waals surface area contributed by atoms with Crippen LogP contribution in [0.15, 0.2) is 42.5 Å². The average Bonchev–Trinajstić information content (AvgIpc) is 2.81. The van der Waals surface area contributed by atoms with Gasteiger partial charge in [-0.25, -0.2) is 4.39 Å². The number of nitrogens with one attached hydrogen (secondary N) is 1. The number of hydrogen-bond acceptors (Lipinski definition) is 1.